The van der Waals surface area contributed by atoms with E-state index < -0.39 is 5.60 Å². The van der Waals surface area contributed by atoms with Gasteiger partial charge in [-0.25, -0.2) is 4.79 Å². The van der Waals surface area contributed by atoms with Crippen LogP contribution in [-0.4, -0.2) is 62.8 Å². The number of likely N-dealkylation sites (tertiary alicyclic amines) is 1. The van der Waals surface area contributed by atoms with Crippen molar-refractivity contribution in [2.24, 2.45) is 0 Å². The Morgan fingerprint density at radius 3 is 2.09 bits per heavy atom. The highest BCUT2D eigenvalue weighted by atomic mass is 16.6. The van der Waals surface area contributed by atoms with E-state index in [1.165, 1.54) is 0 Å². The molecule has 0 N–H and O–H groups in total. The Kier molecular flexibility index (Phi) is 6.17. The van der Waals surface area contributed by atoms with Crippen LogP contribution in [0.3, 0.4) is 0 Å². The lowest BCUT2D eigenvalue weighted by molar-refractivity contribution is 0.0142. The van der Waals surface area contributed by atoms with Crippen molar-refractivity contribution >= 4 is 12.0 Å². The van der Waals surface area contributed by atoms with E-state index in [2.05, 4.69) is 15.1 Å². The van der Waals surface area contributed by atoms with Crippen LogP contribution in [0.15, 0.2) is 36.4 Å². The number of ether oxygens (including phenoxy) is 1. The minimum atomic E-state index is -0.500. The van der Waals surface area contributed by atoms with Crippen molar-refractivity contribution in [2.45, 2.75) is 71.1 Å². The first-order valence-corrected chi connectivity index (χ1v) is 11.4. The smallest absolute Gasteiger partial charge is 0.410 e. The van der Waals surface area contributed by atoms with Gasteiger partial charge in [0.15, 0.2) is 0 Å². The average molecular weight is 437 g/mol. The van der Waals surface area contributed by atoms with E-state index in [1.807, 2.05) is 64.1 Å². The molecule has 2 aromatic rings. The van der Waals surface area contributed by atoms with Gasteiger partial charge in [0.05, 0.1) is 11.4 Å². The highest BCUT2D eigenvalue weighted by Crippen LogP contribution is 2.33. The van der Waals surface area contributed by atoms with Crippen molar-refractivity contribution in [3.05, 3.63) is 47.7 Å². The maximum absolute atomic E-state index is 13.4. The molecule has 0 unspecified atom stereocenters. The van der Waals surface area contributed by atoms with Crippen LogP contribution in [0, 0.1) is 6.92 Å². The van der Waals surface area contributed by atoms with Crippen LogP contribution in [0.2, 0.25) is 0 Å². The van der Waals surface area contributed by atoms with Gasteiger partial charge in [0, 0.05) is 36.3 Å². The van der Waals surface area contributed by atoms with E-state index in [9.17, 15) is 9.59 Å². The van der Waals surface area contributed by atoms with Crippen molar-refractivity contribution in [2.75, 3.05) is 13.1 Å². The Hall–Kier alpha value is -2.96. The summed E-state index contributed by atoms with van der Waals surface area (Å²) in [4.78, 5) is 29.6. The van der Waals surface area contributed by atoms with Crippen molar-refractivity contribution in [1.29, 1.82) is 0 Å². The molecule has 7 nitrogen and oxygen atoms in total. The van der Waals surface area contributed by atoms with Crippen molar-refractivity contribution in [3.63, 3.8) is 0 Å². The summed E-state index contributed by atoms with van der Waals surface area (Å²) in [5.74, 6) is 0.0739. The molecule has 1 aliphatic heterocycles. The van der Waals surface area contributed by atoms with Gasteiger partial charge in [-0.2, -0.15) is 10.2 Å². The van der Waals surface area contributed by atoms with Gasteiger partial charge >= 0.3 is 6.09 Å². The molecule has 4 rings (SSSR count). The van der Waals surface area contributed by atoms with Gasteiger partial charge in [0.2, 0.25) is 0 Å². The molecule has 0 spiro atoms. The van der Waals surface area contributed by atoms with Gasteiger partial charge < -0.3 is 14.5 Å². The Morgan fingerprint density at radius 2 is 1.56 bits per heavy atom. The van der Waals surface area contributed by atoms with E-state index >= 15 is 0 Å². The summed E-state index contributed by atoms with van der Waals surface area (Å²) in [5, 5.41) is 8.34. The summed E-state index contributed by atoms with van der Waals surface area (Å²) in [7, 11) is 0. The lowest BCUT2D eigenvalue weighted by atomic mass is 10.0. The van der Waals surface area contributed by atoms with Crippen LogP contribution in [0.4, 0.5) is 4.79 Å². The third kappa shape index (κ3) is 5.26. The van der Waals surface area contributed by atoms with E-state index in [-0.39, 0.29) is 18.0 Å². The molecule has 1 aromatic heterocycles. The normalized spacial score (nSPS) is 17.2. The molecular weight excluding hydrogens is 404 g/mol. The molecule has 0 bridgehead atoms. The minimum Gasteiger partial charge on any atom is -0.444 e. The Labute approximate surface area is 189 Å². The van der Waals surface area contributed by atoms with E-state index in [4.69, 9.17) is 4.74 Å². The molecule has 1 saturated heterocycles. The van der Waals surface area contributed by atoms with Crippen molar-refractivity contribution < 1.29 is 14.3 Å². The second-order valence-corrected chi connectivity index (χ2v) is 9.78. The summed E-state index contributed by atoms with van der Waals surface area (Å²) in [6, 6.07) is 12.0. The zero-order valence-electron chi connectivity index (χ0n) is 19.4. The van der Waals surface area contributed by atoms with Gasteiger partial charge in [0.1, 0.15) is 5.60 Å². The third-order valence-electron chi connectivity index (χ3n) is 5.91. The SMILES string of the molecule is Cc1ccc(-c2ccc(C(=O)N(C3CC3)C3CCN(C(=O)OC(C)(C)C)CC3)cc2)nn1. The first kappa shape index (κ1) is 22.2. The van der Waals surface area contributed by atoms with Crippen LogP contribution < -0.4 is 0 Å². The first-order chi connectivity index (χ1) is 15.2. The predicted molar refractivity (Wildman–Crippen MR) is 122 cm³/mol. The number of aryl methyl sites for hydroxylation is 1. The number of hydrogen-bond acceptors (Lipinski definition) is 5. The molecule has 2 fully saturated rings. The van der Waals surface area contributed by atoms with Crippen LogP contribution in [0.5, 0.6) is 0 Å². The number of carbonyl (C=O) groups excluding carboxylic acids is 2. The predicted octanol–water partition coefficient (Wildman–Crippen LogP) is 4.46. The molecule has 1 saturated carbocycles. The fourth-order valence-corrected chi connectivity index (χ4v) is 4.12. The monoisotopic (exact) mass is 436 g/mol. The average Bonchev–Trinajstić information content (AvgIpc) is 3.59. The minimum absolute atomic E-state index is 0.0739. The van der Waals surface area contributed by atoms with E-state index in [1.54, 1.807) is 4.90 Å². The molecule has 1 aromatic carbocycles. The summed E-state index contributed by atoms with van der Waals surface area (Å²) in [6.45, 7) is 8.76. The number of nitrogens with zero attached hydrogens (tertiary/aromatic N) is 4. The molecule has 1 aliphatic carbocycles. The highest BCUT2D eigenvalue weighted by molar-refractivity contribution is 5.95. The third-order valence-corrected chi connectivity index (χ3v) is 5.91. The van der Waals surface area contributed by atoms with Gasteiger partial charge in [0.25, 0.3) is 5.91 Å². The molecule has 170 valence electrons. The van der Waals surface area contributed by atoms with Gasteiger partial charge in [-0.05, 0) is 77.6 Å². The lowest BCUT2D eigenvalue weighted by Gasteiger charge is -2.39. The zero-order valence-corrected chi connectivity index (χ0v) is 19.4. The van der Waals surface area contributed by atoms with Gasteiger partial charge in [-0.3, -0.25) is 4.79 Å². The number of rotatable bonds is 4. The summed E-state index contributed by atoms with van der Waals surface area (Å²) in [5.41, 5.74) is 2.80. The maximum atomic E-state index is 13.4. The van der Waals surface area contributed by atoms with Crippen LogP contribution in [-0.2, 0) is 4.74 Å². The van der Waals surface area contributed by atoms with Crippen LogP contribution in [0.25, 0.3) is 11.3 Å². The summed E-state index contributed by atoms with van der Waals surface area (Å²) >= 11 is 0. The molecule has 2 amide bonds. The first-order valence-electron chi connectivity index (χ1n) is 11.4. The Morgan fingerprint density at radius 1 is 0.938 bits per heavy atom. The molecule has 32 heavy (non-hydrogen) atoms. The number of piperidine rings is 1. The van der Waals surface area contributed by atoms with Gasteiger partial charge in [-0.15, -0.1) is 0 Å². The molecule has 2 aliphatic rings. The summed E-state index contributed by atoms with van der Waals surface area (Å²) < 4.78 is 5.50. The van der Waals surface area contributed by atoms with Crippen LogP contribution >= 0.6 is 0 Å². The van der Waals surface area contributed by atoms with Gasteiger partial charge in [-0.1, -0.05) is 12.1 Å². The fourth-order valence-electron chi connectivity index (χ4n) is 4.12. The summed E-state index contributed by atoms with van der Waals surface area (Å²) in [6.07, 6.45) is 3.39. The number of carbonyl (C=O) groups is 2. The molecule has 0 atom stereocenters. The van der Waals surface area contributed by atoms with Crippen LogP contribution in [0.1, 0.15) is 62.5 Å². The fraction of sp³-hybridized carbons (Fsp3) is 0.520. The standard InChI is InChI=1S/C25H32N4O3/c1-17-5-12-22(27-26-17)18-6-8-19(9-7-18)23(30)29(20-10-11-20)21-13-15-28(16-14-21)24(31)32-25(2,3)4/h5-9,12,20-21H,10-11,13-16H2,1-4H3. The molecule has 0 radical (unpaired) electrons. The van der Waals surface area contributed by atoms with E-state index in [0.29, 0.717) is 24.7 Å². The molecular formula is C25H32N4O3. The van der Waals surface area contributed by atoms with E-state index in [0.717, 1.165) is 42.6 Å². The number of hydrogen-bond donors (Lipinski definition) is 0. The number of benzene rings is 1. The van der Waals surface area contributed by atoms with Crippen molar-refractivity contribution in [3.8, 4) is 11.3 Å². The Balaban J connectivity index is 1.42. The second-order valence-electron chi connectivity index (χ2n) is 9.78. The Bertz CT molecular complexity index is 954. The maximum Gasteiger partial charge on any atom is 0.410 e. The number of aromatic nitrogens is 2. The van der Waals surface area contributed by atoms with Crippen molar-refractivity contribution in [1.82, 2.24) is 20.0 Å². The second kappa shape index (κ2) is 8.88. The zero-order chi connectivity index (χ0) is 22.9. The quantitative estimate of drug-likeness (QED) is 0.707. The largest absolute Gasteiger partial charge is 0.444 e. The number of amides is 2. The molecule has 7 heteroatoms. The topological polar surface area (TPSA) is 75.6 Å². The highest BCUT2D eigenvalue weighted by Gasteiger charge is 2.39. The lowest BCUT2D eigenvalue weighted by Crippen LogP contribution is -2.50. The molecule has 2 heterocycles.